The number of amides is 2. The van der Waals surface area contributed by atoms with Crippen LogP contribution in [0.2, 0.25) is 0 Å². The predicted molar refractivity (Wildman–Crippen MR) is 102 cm³/mol. The zero-order valence-electron chi connectivity index (χ0n) is 14.9. The number of carbonyl (C=O) groups excluding carboxylic acids is 2. The number of hydrogen-bond donors (Lipinski definition) is 3. The van der Waals surface area contributed by atoms with E-state index in [9.17, 15) is 14.7 Å². The minimum Gasteiger partial charge on any atom is -0.393 e. The molecule has 0 aromatic heterocycles. The first kappa shape index (κ1) is 18.1. The maximum atomic E-state index is 12.2. The highest BCUT2D eigenvalue weighted by Gasteiger charge is 2.24. The molecule has 3 N–H and O–H groups in total. The van der Waals surface area contributed by atoms with Crippen LogP contribution < -0.4 is 10.6 Å². The van der Waals surface area contributed by atoms with Crippen LogP contribution in [0.4, 0.5) is 5.69 Å². The Labute approximate surface area is 153 Å². The van der Waals surface area contributed by atoms with Crippen LogP contribution in [0.15, 0.2) is 48.5 Å². The number of hydrogen-bond acceptors (Lipinski definition) is 3. The van der Waals surface area contributed by atoms with Crippen LogP contribution in [0.5, 0.6) is 0 Å². The zero-order chi connectivity index (χ0) is 18.5. The molecule has 0 radical (unpaired) electrons. The molecule has 1 saturated carbocycles. The van der Waals surface area contributed by atoms with Crippen LogP contribution in [0.1, 0.15) is 24.8 Å². The Bertz CT molecular complexity index is 789. The van der Waals surface area contributed by atoms with Crippen molar-refractivity contribution in [3.63, 3.8) is 0 Å². The van der Waals surface area contributed by atoms with E-state index in [1.807, 2.05) is 55.5 Å². The second-order valence-corrected chi connectivity index (χ2v) is 6.95. The molecule has 0 spiro atoms. The van der Waals surface area contributed by atoms with Crippen LogP contribution in [-0.4, -0.2) is 29.6 Å². The summed E-state index contributed by atoms with van der Waals surface area (Å²) >= 11 is 0. The molecule has 3 rings (SSSR count). The average Bonchev–Trinajstić information content (AvgIpc) is 3.05. The number of benzene rings is 2. The second-order valence-electron chi connectivity index (χ2n) is 6.95. The lowest BCUT2D eigenvalue weighted by atomic mass is 10.0. The summed E-state index contributed by atoms with van der Waals surface area (Å²) in [6.45, 7) is 2.37. The quantitative estimate of drug-likeness (QED) is 0.741. The van der Waals surface area contributed by atoms with E-state index in [4.69, 9.17) is 0 Å². The van der Waals surface area contributed by atoms with E-state index < -0.39 is 11.8 Å². The molecular weight excluding hydrogens is 328 g/mol. The van der Waals surface area contributed by atoms with Gasteiger partial charge in [0.15, 0.2) is 0 Å². The third-order valence-electron chi connectivity index (χ3n) is 4.71. The fourth-order valence-electron chi connectivity index (χ4n) is 3.39. The largest absolute Gasteiger partial charge is 0.393 e. The van der Waals surface area contributed by atoms with Crippen molar-refractivity contribution in [3.05, 3.63) is 54.1 Å². The lowest BCUT2D eigenvalue weighted by Gasteiger charge is -2.12. The van der Waals surface area contributed by atoms with Crippen molar-refractivity contribution >= 4 is 17.5 Å². The smallest absolute Gasteiger partial charge is 0.313 e. The van der Waals surface area contributed by atoms with Gasteiger partial charge in [0.25, 0.3) is 0 Å². The molecule has 26 heavy (non-hydrogen) atoms. The SMILES string of the molecule is Cc1cc(NC(=O)C(=O)NCC2CCC(O)C2)cc(-c2ccccc2)c1. The Morgan fingerprint density at radius 2 is 1.81 bits per heavy atom. The van der Waals surface area contributed by atoms with Crippen molar-refractivity contribution in [2.75, 3.05) is 11.9 Å². The first-order chi connectivity index (χ1) is 12.5. The van der Waals surface area contributed by atoms with Gasteiger partial charge in [0, 0.05) is 12.2 Å². The lowest BCUT2D eigenvalue weighted by molar-refractivity contribution is -0.136. The summed E-state index contributed by atoms with van der Waals surface area (Å²) in [6, 6.07) is 15.6. The number of aliphatic hydroxyl groups excluding tert-OH is 1. The summed E-state index contributed by atoms with van der Waals surface area (Å²) < 4.78 is 0. The minimum absolute atomic E-state index is 0.241. The summed E-state index contributed by atoms with van der Waals surface area (Å²) in [5, 5.41) is 14.9. The number of aryl methyl sites for hydroxylation is 1. The standard InChI is InChI=1S/C21H24N2O3/c1-14-9-17(16-5-3-2-4-6-16)12-18(10-14)23-21(26)20(25)22-13-15-7-8-19(24)11-15/h2-6,9-10,12,15,19,24H,7-8,11,13H2,1H3,(H,22,25)(H,23,26). The van der Waals surface area contributed by atoms with E-state index in [1.165, 1.54) is 0 Å². The van der Waals surface area contributed by atoms with Crippen LogP contribution in [0, 0.1) is 12.8 Å². The van der Waals surface area contributed by atoms with Crippen molar-refractivity contribution in [2.24, 2.45) is 5.92 Å². The van der Waals surface area contributed by atoms with Crippen molar-refractivity contribution in [2.45, 2.75) is 32.3 Å². The van der Waals surface area contributed by atoms with Gasteiger partial charge >= 0.3 is 11.8 Å². The lowest BCUT2D eigenvalue weighted by Crippen LogP contribution is -2.37. The van der Waals surface area contributed by atoms with E-state index in [0.29, 0.717) is 18.7 Å². The molecule has 1 aliphatic rings. The van der Waals surface area contributed by atoms with E-state index in [0.717, 1.165) is 29.5 Å². The summed E-state index contributed by atoms with van der Waals surface area (Å²) in [4.78, 5) is 24.2. The molecule has 2 aromatic rings. The van der Waals surface area contributed by atoms with Gasteiger partial charge in [-0.15, -0.1) is 0 Å². The highest BCUT2D eigenvalue weighted by atomic mass is 16.3. The van der Waals surface area contributed by atoms with Crippen molar-refractivity contribution in [1.82, 2.24) is 5.32 Å². The Morgan fingerprint density at radius 1 is 1.04 bits per heavy atom. The van der Waals surface area contributed by atoms with Crippen LogP contribution in [-0.2, 0) is 9.59 Å². The Kier molecular flexibility index (Phi) is 5.68. The van der Waals surface area contributed by atoms with Gasteiger partial charge in [-0.05, 0) is 60.9 Å². The van der Waals surface area contributed by atoms with E-state index in [2.05, 4.69) is 10.6 Å². The summed E-state index contributed by atoms with van der Waals surface area (Å²) in [5.74, 6) is -1.08. The number of rotatable bonds is 4. The summed E-state index contributed by atoms with van der Waals surface area (Å²) in [6.07, 6.45) is 2.04. The third-order valence-corrected chi connectivity index (χ3v) is 4.71. The molecule has 0 saturated heterocycles. The molecule has 5 heteroatoms. The first-order valence-electron chi connectivity index (χ1n) is 8.95. The number of nitrogens with one attached hydrogen (secondary N) is 2. The number of aliphatic hydroxyl groups is 1. The molecule has 1 aliphatic carbocycles. The Balaban J connectivity index is 1.61. The van der Waals surface area contributed by atoms with E-state index >= 15 is 0 Å². The molecule has 0 bridgehead atoms. The molecule has 0 heterocycles. The topological polar surface area (TPSA) is 78.4 Å². The number of anilines is 1. The number of carbonyl (C=O) groups is 2. The molecule has 2 aromatic carbocycles. The molecule has 1 fully saturated rings. The van der Waals surface area contributed by atoms with Crippen molar-refractivity contribution < 1.29 is 14.7 Å². The first-order valence-corrected chi connectivity index (χ1v) is 8.95. The van der Waals surface area contributed by atoms with Crippen molar-refractivity contribution in [1.29, 1.82) is 0 Å². The second kappa shape index (κ2) is 8.15. The van der Waals surface area contributed by atoms with Crippen LogP contribution >= 0.6 is 0 Å². The molecule has 136 valence electrons. The summed E-state index contributed by atoms with van der Waals surface area (Å²) in [5.41, 5.74) is 3.64. The Hall–Kier alpha value is -2.66. The van der Waals surface area contributed by atoms with Gasteiger partial charge < -0.3 is 15.7 Å². The van der Waals surface area contributed by atoms with Crippen LogP contribution in [0.3, 0.4) is 0 Å². The predicted octanol–water partition coefficient (Wildman–Crippen LogP) is 2.88. The van der Waals surface area contributed by atoms with Crippen molar-refractivity contribution in [3.8, 4) is 11.1 Å². The van der Waals surface area contributed by atoms with Gasteiger partial charge in [0.2, 0.25) is 0 Å². The van der Waals surface area contributed by atoms with Crippen LogP contribution in [0.25, 0.3) is 11.1 Å². The zero-order valence-corrected chi connectivity index (χ0v) is 14.9. The van der Waals surface area contributed by atoms with Gasteiger partial charge in [-0.25, -0.2) is 0 Å². The van der Waals surface area contributed by atoms with Gasteiger partial charge in [0.1, 0.15) is 0 Å². The fraction of sp³-hybridized carbons (Fsp3) is 0.333. The van der Waals surface area contributed by atoms with Gasteiger partial charge in [0.05, 0.1) is 6.10 Å². The monoisotopic (exact) mass is 352 g/mol. The highest BCUT2D eigenvalue weighted by Crippen LogP contribution is 2.25. The van der Waals surface area contributed by atoms with Gasteiger partial charge in [-0.3, -0.25) is 9.59 Å². The molecule has 5 nitrogen and oxygen atoms in total. The molecule has 2 atom stereocenters. The fourth-order valence-corrected chi connectivity index (χ4v) is 3.39. The highest BCUT2D eigenvalue weighted by molar-refractivity contribution is 6.39. The third kappa shape index (κ3) is 4.70. The van der Waals surface area contributed by atoms with Gasteiger partial charge in [-0.1, -0.05) is 36.4 Å². The molecule has 0 aliphatic heterocycles. The maximum absolute atomic E-state index is 12.2. The Morgan fingerprint density at radius 3 is 2.50 bits per heavy atom. The molecule has 2 unspecified atom stereocenters. The van der Waals surface area contributed by atoms with E-state index in [1.54, 1.807) is 0 Å². The van der Waals surface area contributed by atoms with E-state index in [-0.39, 0.29) is 12.0 Å². The minimum atomic E-state index is -0.673. The average molecular weight is 352 g/mol. The van der Waals surface area contributed by atoms with Gasteiger partial charge in [-0.2, -0.15) is 0 Å². The molecular formula is C21H24N2O3. The normalized spacial score (nSPS) is 19.2. The summed E-state index contributed by atoms with van der Waals surface area (Å²) in [7, 11) is 0. The molecule has 2 amide bonds. The maximum Gasteiger partial charge on any atom is 0.313 e.